The predicted molar refractivity (Wildman–Crippen MR) is 122 cm³/mol. The van der Waals surface area contributed by atoms with Crippen LogP contribution in [-0.2, 0) is 10.9 Å². The maximum atomic E-state index is 14.1. The van der Waals surface area contributed by atoms with Gasteiger partial charge in [-0.2, -0.15) is 26.3 Å². The molecule has 3 aromatic rings. The first-order valence-electron chi connectivity index (χ1n) is 11.4. The van der Waals surface area contributed by atoms with Gasteiger partial charge in [-0.15, -0.1) is 0 Å². The Balaban J connectivity index is 1.70. The zero-order valence-electron chi connectivity index (χ0n) is 20.3. The standard InChI is InChI=1S/C24H22F6N4O4/c1-11-9-34(10-12(2)37-11)22(36)14-4-5-19(31-8-14)38-20(24(28,29)30)15-6-16-18(7-17(15)23(25,26)27)32-13(3)33-21(16)35/h4-8,11-12,20H,9-10H2,1-3H3,(H,32,33,35)/t11-,12+,20?. The summed E-state index contributed by atoms with van der Waals surface area (Å²) in [4.78, 5) is 36.3. The van der Waals surface area contributed by atoms with E-state index in [0.29, 0.717) is 25.2 Å². The van der Waals surface area contributed by atoms with Crippen LogP contribution in [0, 0.1) is 6.92 Å². The number of carbonyl (C=O) groups is 1. The molecule has 38 heavy (non-hydrogen) atoms. The van der Waals surface area contributed by atoms with E-state index in [1.54, 1.807) is 13.8 Å². The van der Waals surface area contributed by atoms with Crippen molar-refractivity contribution in [1.82, 2.24) is 19.9 Å². The Morgan fingerprint density at radius 1 is 1.13 bits per heavy atom. The van der Waals surface area contributed by atoms with Gasteiger partial charge in [0.1, 0.15) is 5.82 Å². The van der Waals surface area contributed by atoms with E-state index >= 15 is 0 Å². The van der Waals surface area contributed by atoms with Gasteiger partial charge >= 0.3 is 12.4 Å². The number of aryl methyl sites for hydroxylation is 1. The average molecular weight is 544 g/mol. The number of pyridine rings is 1. The van der Waals surface area contributed by atoms with Gasteiger partial charge in [-0.05, 0) is 39.0 Å². The molecule has 14 heteroatoms. The highest BCUT2D eigenvalue weighted by molar-refractivity contribution is 5.94. The molecule has 0 saturated carbocycles. The van der Waals surface area contributed by atoms with Crippen LogP contribution in [0.5, 0.6) is 5.88 Å². The summed E-state index contributed by atoms with van der Waals surface area (Å²) in [5.74, 6) is -1.11. The molecule has 1 saturated heterocycles. The Hall–Kier alpha value is -3.68. The number of carbonyl (C=O) groups excluding carboxylic acids is 1. The highest BCUT2D eigenvalue weighted by atomic mass is 19.4. The van der Waals surface area contributed by atoms with Crippen molar-refractivity contribution < 1.29 is 40.6 Å². The van der Waals surface area contributed by atoms with Crippen molar-refractivity contribution in [3.8, 4) is 5.88 Å². The van der Waals surface area contributed by atoms with Crippen LogP contribution in [0.1, 0.15) is 47.3 Å². The van der Waals surface area contributed by atoms with Gasteiger partial charge in [0.15, 0.2) is 0 Å². The molecule has 0 bridgehead atoms. The van der Waals surface area contributed by atoms with Crippen LogP contribution in [0.3, 0.4) is 0 Å². The topological polar surface area (TPSA) is 97.4 Å². The second-order valence-electron chi connectivity index (χ2n) is 9.00. The normalized spacial score (nSPS) is 19.4. The molecule has 0 spiro atoms. The molecule has 1 N–H and O–H groups in total. The predicted octanol–water partition coefficient (Wildman–Crippen LogP) is 4.58. The fourth-order valence-electron chi connectivity index (χ4n) is 4.31. The lowest BCUT2D eigenvalue weighted by Gasteiger charge is -2.35. The van der Waals surface area contributed by atoms with Gasteiger partial charge in [-0.25, -0.2) is 9.97 Å². The Labute approximate surface area is 211 Å². The highest BCUT2D eigenvalue weighted by Crippen LogP contribution is 2.43. The number of H-pyrrole nitrogens is 1. The Kier molecular flexibility index (Phi) is 7.12. The molecule has 4 rings (SSSR count). The Morgan fingerprint density at radius 2 is 1.79 bits per heavy atom. The Bertz CT molecular complexity index is 1390. The first-order chi connectivity index (χ1) is 17.6. The number of nitrogens with one attached hydrogen (secondary N) is 1. The molecule has 1 amide bonds. The molecule has 204 valence electrons. The van der Waals surface area contributed by atoms with Crippen molar-refractivity contribution in [2.45, 2.75) is 51.4 Å². The van der Waals surface area contributed by atoms with Crippen LogP contribution in [0.4, 0.5) is 26.3 Å². The molecule has 1 unspecified atom stereocenters. The molecule has 0 radical (unpaired) electrons. The number of ether oxygens (including phenoxy) is 2. The quantitative estimate of drug-likeness (QED) is 0.484. The van der Waals surface area contributed by atoms with Gasteiger partial charge in [-0.3, -0.25) is 9.59 Å². The fraction of sp³-hybridized carbons (Fsp3) is 0.417. The molecular formula is C24H22F6N4O4. The minimum Gasteiger partial charge on any atom is -0.460 e. The van der Waals surface area contributed by atoms with E-state index < -0.39 is 57.8 Å². The van der Waals surface area contributed by atoms with Crippen molar-refractivity contribution in [3.63, 3.8) is 0 Å². The number of nitrogens with zero attached hydrogens (tertiary/aromatic N) is 3. The number of alkyl halides is 6. The van der Waals surface area contributed by atoms with Gasteiger partial charge in [0.2, 0.25) is 12.0 Å². The first kappa shape index (κ1) is 27.4. The second-order valence-corrected chi connectivity index (χ2v) is 9.00. The SMILES string of the molecule is Cc1nc2cc(C(F)(F)F)c(C(Oc3ccc(C(=O)N4C[C@@H](C)O[C@@H](C)C4)cn3)C(F)(F)F)cc2c(=O)[nH]1. The lowest BCUT2D eigenvalue weighted by molar-refractivity contribution is -0.201. The molecule has 1 aliphatic rings. The number of rotatable bonds is 4. The third kappa shape index (κ3) is 5.74. The van der Waals surface area contributed by atoms with E-state index in [9.17, 15) is 35.9 Å². The molecule has 3 atom stereocenters. The van der Waals surface area contributed by atoms with Gasteiger partial charge in [0, 0.05) is 30.9 Å². The summed E-state index contributed by atoms with van der Waals surface area (Å²) in [6.45, 7) is 5.50. The van der Waals surface area contributed by atoms with Crippen molar-refractivity contribution in [3.05, 3.63) is 63.3 Å². The number of benzene rings is 1. The second kappa shape index (κ2) is 9.89. The Morgan fingerprint density at radius 3 is 2.34 bits per heavy atom. The number of halogens is 6. The minimum absolute atomic E-state index is 0.00757. The smallest absolute Gasteiger partial charge is 0.429 e. The number of morpholine rings is 1. The molecule has 3 heterocycles. The van der Waals surface area contributed by atoms with Crippen molar-refractivity contribution in [2.24, 2.45) is 0 Å². The summed E-state index contributed by atoms with van der Waals surface area (Å²) >= 11 is 0. The maximum Gasteiger partial charge on any atom is 0.429 e. The van der Waals surface area contributed by atoms with Gasteiger partial charge in [-0.1, -0.05) is 0 Å². The number of fused-ring (bicyclic) bond motifs is 1. The molecular weight excluding hydrogens is 522 g/mol. The van der Waals surface area contributed by atoms with E-state index in [4.69, 9.17) is 9.47 Å². The fourth-order valence-corrected chi connectivity index (χ4v) is 4.31. The zero-order chi connectivity index (χ0) is 28.0. The monoisotopic (exact) mass is 544 g/mol. The van der Waals surface area contributed by atoms with E-state index in [2.05, 4.69) is 15.0 Å². The van der Waals surface area contributed by atoms with E-state index in [1.165, 1.54) is 17.9 Å². The van der Waals surface area contributed by atoms with Crippen LogP contribution in [-0.4, -0.2) is 57.2 Å². The zero-order valence-corrected chi connectivity index (χ0v) is 20.3. The number of aromatic amines is 1. The van der Waals surface area contributed by atoms with E-state index in [1.807, 2.05) is 0 Å². The average Bonchev–Trinajstić information content (AvgIpc) is 2.80. The lowest BCUT2D eigenvalue weighted by Crippen LogP contribution is -2.48. The molecule has 0 aliphatic carbocycles. The van der Waals surface area contributed by atoms with Gasteiger partial charge in [0.05, 0.1) is 34.2 Å². The van der Waals surface area contributed by atoms with Crippen molar-refractivity contribution in [1.29, 1.82) is 0 Å². The van der Waals surface area contributed by atoms with Crippen LogP contribution in [0.15, 0.2) is 35.3 Å². The third-order valence-corrected chi connectivity index (χ3v) is 5.81. The molecule has 1 aliphatic heterocycles. The first-order valence-corrected chi connectivity index (χ1v) is 11.4. The van der Waals surface area contributed by atoms with Crippen LogP contribution < -0.4 is 10.3 Å². The van der Waals surface area contributed by atoms with Crippen LogP contribution in [0.2, 0.25) is 0 Å². The van der Waals surface area contributed by atoms with E-state index in [-0.39, 0.29) is 23.6 Å². The number of hydrogen-bond donors (Lipinski definition) is 1. The molecule has 1 fully saturated rings. The van der Waals surface area contributed by atoms with Crippen LogP contribution in [0.25, 0.3) is 10.9 Å². The molecule has 1 aromatic carbocycles. The van der Waals surface area contributed by atoms with E-state index in [0.717, 1.165) is 12.3 Å². The summed E-state index contributed by atoms with van der Waals surface area (Å²) in [6.07, 6.45) is -13.1. The van der Waals surface area contributed by atoms with Gasteiger partial charge in [0.25, 0.3) is 11.5 Å². The maximum absolute atomic E-state index is 14.1. The summed E-state index contributed by atoms with van der Waals surface area (Å²) in [5, 5.41) is -0.473. The number of aromatic nitrogens is 3. The summed E-state index contributed by atoms with van der Waals surface area (Å²) in [7, 11) is 0. The highest BCUT2D eigenvalue weighted by Gasteiger charge is 2.48. The summed E-state index contributed by atoms with van der Waals surface area (Å²) < 4.78 is 94.2. The van der Waals surface area contributed by atoms with Crippen LogP contribution >= 0.6 is 0 Å². The minimum atomic E-state index is -5.32. The third-order valence-electron chi connectivity index (χ3n) is 5.81. The summed E-state index contributed by atoms with van der Waals surface area (Å²) in [6, 6.07) is 2.99. The molecule has 2 aromatic heterocycles. The van der Waals surface area contributed by atoms with Crippen molar-refractivity contribution in [2.75, 3.05) is 13.1 Å². The molecule has 8 nitrogen and oxygen atoms in total. The lowest BCUT2D eigenvalue weighted by atomic mass is 9.98. The van der Waals surface area contributed by atoms with Crippen molar-refractivity contribution >= 4 is 16.8 Å². The van der Waals surface area contributed by atoms with Gasteiger partial charge < -0.3 is 19.4 Å². The number of amides is 1. The largest absolute Gasteiger partial charge is 0.460 e. The summed E-state index contributed by atoms with van der Waals surface area (Å²) in [5.41, 5.74) is -4.26. The number of hydrogen-bond acceptors (Lipinski definition) is 6.